The van der Waals surface area contributed by atoms with E-state index in [4.69, 9.17) is 9.72 Å². The number of hydrogen-bond acceptors (Lipinski definition) is 6. The Kier molecular flexibility index (Phi) is 6.48. The average molecular weight is 443 g/mol. The van der Waals surface area contributed by atoms with Gasteiger partial charge in [-0.2, -0.15) is 5.10 Å². The average Bonchev–Trinajstić information content (AvgIpc) is 3.53. The van der Waals surface area contributed by atoms with Crippen LogP contribution in [0.25, 0.3) is 5.52 Å². The van der Waals surface area contributed by atoms with Gasteiger partial charge < -0.3 is 15.0 Å². The van der Waals surface area contributed by atoms with E-state index in [0.717, 1.165) is 54.3 Å². The molecule has 0 saturated heterocycles. The Bertz CT molecular complexity index is 1180. The molecule has 2 atom stereocenters. The number of nitrogens with one attached hydrogen (secondary N) is 1. The quantitative estimate of drug-likeness (QED) is 0.408. The highest BCUT2D eigenvalue weighted by Gasteiger charge is 2.32. The Labute approximate surface area is 194 Å². The third-order valence-electron chi connectivity index (χ3n) is 6.34. The van der Waals surface area contributed by atoms with Crippen molar-refractivity contribution in [3.8, 4) is 5.75 Å². The lowest BCUT2D eigenvalue weighted by atomic mass is 10.1. The van der Waals surface area contributed by atoms with E-state index in [1.54, 1.807) is 17.2 Å². The maximum Gasteiger partial charge on any atom is 0.162 e. The number of nitrogens with zero attached hydrogens (tertiary/aromatic N) is 5. The molecule has 7 nitrogen and oxygen atoms in total. The van der Waals surface area contributed by atoms with Crippen LogP contribution in [0.2, 0.25) is 0 Å². The predicted molar refractivity (Wildman–Crippen MR) is 130 cm³/mol. The molecular formula is C26H30N6O. The van der Waals surface area contributed by atoms with Crippen molar-refractivity contribution in [2.75, 3.05) is 18.0 Å². The highest BCUT2D eigenvalue weighted by atomic mass is 16.5. The minimum absolute atomic E-state index is 0.353. The molecule has 7 heteroatoms. The van der Waals surface area contributed by atoms with Crippen molar-refractivity contribution in [3.05, 3.63) is 79.0 Å². The Morgan fingerprint density at radius 1 is 1.12 bits per heavy atom. The second-order valence-electron chi connectivity index (χ2n) is 8.59. The highest BCUT2D eigenvalue weighted by Crippen LogP contribution is 2.38. The molecule has 0 aliphatic heterocycles. The summed E-state index contributed by atoms with van der Waals surface area (Å²) in [5.74, 6) is 2.40. The van der Waals surface area contributed by atoms with Crippen molar-refractivity contribution in [2.24, 2.45) is 5.92 Å². The lowest BCUT2D eigenvalue weighted by Gasteiger charge is -2.31. The summed E-state index contributed by atoms with van der Waals surface area (Å²) in [4.78, 5) is 11.4. The maximum atomic E-state index is 6.14. The van der Waals surface area contributed by atoms with Crippen molar-refractivity contribution < 1.29 is 4.74 Å². The van der Waals surface area contributed by atoms with Gasteiger partial charge in [0.25, 0.3) is 0 Å². The molecule has 1 aliphatic carbocycles. The standard InChI is InChI=1S/C26H30N6O/c1-2-27-15-21-11-12-23(13-21)32(26-25-16-28-19-31(25)30-18-29-26)22-9-6-10-24(14-22)33-17-20-7-4-3-5-8-20/h3-10,14,16,18-19,21,23,27H,2,11-13,15,17H2,1H3. The van der Waals surface area contributed by atoms with E-state index < -0.39 is 0 Å². The SMILES string of the molecule is CCNCC1CCC(N(c2cccc(OCc3ccccc3)c2)c2ncnn3cncc23)C1. The molecule has 0 bridgehead atoms. The van der Waals surface area contributed by atoms with Gasteiger partial charge in [0.2, 0.25) is 0 Å². The monoisotopic (exact) mass is 442 g/mol. The summed E-state index contributed by atoms with van der Waals surface area (Å²) in [5.41, 5.74) is 3.14. The Balaban J connectivity index is 1.45. The van der Waals surface area contributed by atoms with Crippen LogP contribution in [-0.2, 0) is 6.61 Å². The van der Waals surface area contributed by atoms with Crippen LogP contribution >= 0.6 is 0 Å². The van der Waals surface area contributed by atoms with Crippen LogP contribution in [0.4, 0.5) is 11.5 Å². The molecule has 1 saturated carbocycles. The van der Waals surface area contributed by atoms with Gasteiger partial charge in [0.1, 0.15) is 30.5 Å². The molecule has 2 aromatic heterocycles. The molecule has 4 aromatic rings. The van der Waals surface area contributed by atoms with E-state index in [0.29, 0.717) is 18.6 Å². The first kappa shape index (κ1) is 21.4. The normalized spacial score (nSPS) is 18.0. The number of fused-ring (bicyclic) bond motifs is 1. The molecule has 2 unspecified atom stereocenters. The third kappa shape index (κ3) is 4.83. The number of ether oxygens (including phenoxy) is 1. The Morgan fingerprint density at radius 3 is 2.91 bits per heavy atom. The summed E-state index contributed by atoms with van der Waals surface area (Å²) in [7, 11) is 0. The lowest BCUT2D eigenvalue weighted by molar-refractivity contribution is 0.306. The minimum Gasteiger partial charge on any atom is -0.489 e. The summed E-state index contributed by atoms with van der Waals surface area (Å²) < 4.78 is 7.93. The first-order chi connectivity index (χ1) is 16.3. The van der Waals surface area contributed by atoms with Gasteiger partial charge in [-0.15, -0.1) is 0 Å². The van der Waals surface area contributed by atoms with E-state index >= 15 is 0 Å². The number of anilines is 2. The van der Waals surface area contributed by atoms with Gasteiger partial charge in [0.05, 0.1) is 6.20 Å². The van der Waals surface area contributed by atoms with Gasteiger partial charge in [-0.05, 0) is 56.0 Å². The Morgan fingerprint density at radius 2 is 2.03 bits per heavy atom. The summed E-state index contributed by atoms with van der Waals surface area (Å²) in [6, 6.07) is 18.9. The number of rotatable bonds is 9. The summed E-state index contributed by atoms with van der Waals surface area (Å²) in [6.45, 7) is 4.77. The van der Waals surface area contributed by atoms with Crippen molar-refractivity contribution in [1.29, 1.82) is 0 Å². The molecular weight excluding hydrogens is 412 g/mol. The van der Waals surface area contributed by atoms with Gasteiger partial charge in [0, 0.05) is 17.8 Å². The molecule has 0 amide bonds. The fraction of sp³-hybridized carbons (Fsp3) is 0.346. The van der Waals surface area contributed by atoms with Crippen molar-refractivity contribution in [3.63, 3.8) is 0 Å². The lowest BCUT2D eigenvalue weighted by Crippen LogP contribution is -2.31. The molecule has 2 aromatic carbocycles. The molecule has 1 N–H and O–H groups in total. The molecule has 0 spiro atoms. The van der Waals surface area contributed by atoms with Gasteiger partial charge in [-0.1, -0.05) is 43.3 Å². The fourth-order valence-electron chi connectivity index (χ4n) is 4.72. The first-order valence-electron chi connectivity index (χ1n) is 11.7. The van der Waals surface area contributed by atoms with Crippen LogP contribution < -0.4 is 15.0 Å². The summed E-state index contributed by atoms with van der Waals surface area (Å²) in [5, 5.41) is 7.84. The van der Waals surface area contributed by atoms with Crippen molar-refractivity contribution >= 4 is 17.0 Å². The zero-order valence-electron chi connectivity index (χ0n) is 19.0. The fourth-order valence-corrected chi connectivity index (χ4v) is 4.72. The second kappa shape index (κ2) is 10.0. The molecule has 33 heavy (non-hydrogen) atoms. The van der Waals surface area contributed by atoms with E-state index in [1.807, 2.05) is 30.5 Å². The number of hydrogen-bond donors (Lipinski definition) is 1. The Hall–Kier alpha value is -3.45. The summed E-state index contributed by atoms with van der Waals surface area (Å²) in [6.07, 6.45) is 8.61. The zero-order chi connectivity index (χ0) is 22.5. The molecule has 1 fully saturated rings. The van der Waals surface area contributed by atoms with Gasteiger partial charge in [0.15, 0.2) is 5.82 Å². The largest absolute Gasteiger partial charge is 0.489 e. The van der Waals surface area contributed by atoms with Gasteiger partial charge >= 0.3 is 0 Å². The van der Waals surface area contributed by atoms with Crippen LogP contribution in [0.1, 0.15) is 31.7 Å². The van der Waals surface area contributed by atoms with E-state index in [-0.39, 0.29) is 0 Å². The van der Waals surface area contributed by atoms with Crippen molar-refractivity contribution in [1.82, 2.24) is 24.9 Å². The number of imidazole rings is 1. The third-order valence-corrected chi connectivity index (χ3v) is 6.34. The summed E-state index contributed by atoms with van der Waals surface area (Å²) >= 11 is 0. The topological polar surface area (TPSA) is 67.6 Å². The molecule has 5 rings (SSSR count). The minimum atomic E-state index is 0.353. The van der Waals surface area contributed by atoms with Gasteiger partial charge in [-0.3, -0.25) is 0 Å². The van der Waals surface area contributed by atoms with Gasteiger partial charge in [-0.25, -0.2) is 14.5 Å². The maximum absolute atomic E-state index is 6.14. The van der Waals surface area contributed by atoms with Crippen LogP contribution in [0.15, 0.2) is 73.4 Å². The van der Waals surface area contributed by atoms with Crippen LogP contribution in [-0.4, -0.2) is 38.7 Å². The number of aromatic nitrogens is 4. The smallest absolute Gasteiger partial charge is 0.162 e. The highest BCUT2D eigenvalue weighted by molar-refractivity contribution is 5.75. The van der Waals surface area contributed by atoms with Crippen molar-refractivity contribution in [2.45, 2.75) is 38.8 Å². The molecule has 2 heterocycles. The molecule has 0 radical (unpaired) electrons. The molecule has 170 valence electrons. The van der Waals surface area contributed by atoms with E-state index in [9.17, 15) is 0 Å². The predicted octanol–water partition coefficient (Wildman–Crippen LogP) is 4.62. The van der Waals surface area contributed by atoms with Crippen LogP contribution in [0.5, 0.6) is 5.75 Å². The van der Waals surface area contributed by atoms with Crippen LogP contribution in [0, 0.1) is 5.92 Å². The first-order valence-corrected chi connectivity index (χ1v) is 11.7. The van der Waals surface area contributed by atoms with E-state index in [1.165, 1.54) is 6.42 Å². The second-order valence-corrected chi connectivity index (χ2v) is 8.59. The van der Waals surface area contributed by atoms with E-state index in [2.05, 4.69) is 57.6 Å². The zero-order valence-corrected chi connectivity index (χ0v) is 19.0. The van der Waals surface area contributed by atoms with Crippen LogP contribution in [0.3, 0.4) is 0 Å². The molecule has 1 aliphatic rings. The number of benzene rings is 2.